The Bertz CT molecular complexity index is 679. The number of aliphatic carboxylic acids is 1. The van der Waals surface area contributed by atoms with Gasteiger partial charge >= 0.3 is 5.97 Å². The third kappa shape index (κ3) is 8.00. The fourth-order valence-electron chi connectivity index (χ4n) is 3.31. The molecule has 0 spiro atoms. The summed E-state index contributed by atoms with van der Waals surface area (Å²) in [6.45, 7) is 0.681. The molecule has 6 nitrogen and oxygen atoms in total. The predicted octanol–water partition coefficient (Wildman–Crippen LogP) is 3.06. The number of halogens is 1. The number of benzene rings is 1. The summed E-state index contributed by atoms with van der Waals surface area (Å²) in [5.74, 6) is -0.857. The Morgan fingerprint density at radius 2 is 2.21 bits per heavy atom. The molecule has 1 heterocycles. The van der Waals surface area contributed by atoms with Crippen molar-refractivity contribution < 1.29 is 24.5 Å². The SMILES string of the molecule is O=C(O)COCCCCN1C(=O)CCCC1C=C[C@H](O)Cc1cccc(Cl)c1. The molecule has 0 bridgehead atoms. The van der Waals surface area contributed by atoms with Crippen LogP contribution in [0.15, 0.2) is 36.4 Å². The standard InChI is InChI=1S/C21H28ClNO5/c22-17-6-3-5-16(13-17)14-19(24)10-9-18-7-4-8-20(25)23(18)11-1-2-12-28-15-21(26)27/h3,5-6,9-10,13,18-19,24H,1-2,4,7-8,11-12,14-15H2,(H,26,27)/t18?,19-/m0/s1. The first kappa shape index (κ1) is 22.4. The van der Waals surface area contributed by atoms with Crippen LogP contribution in [0.4, 0.5) is 0 Å². The van der Waals surface area contributed by atoms with Gasteiger partial charge in [-0.2, -0.15) is 0 Å². The fraction of sp³-hybridized carbons (Fsp3) is 0.524. The molecule has 0 aliphatic carbocycles. The Kier molecular flexibility index (Phi) is 9.47. The van der Waals surface area contributed by atoms with Gasteiger partial charge in [-0.3, -0.25) is 4.79 Å². The fourth-order valence-corrected chi connectivity index (χ4v) is 3.53. The van der Waals surface area contributed by atoms with E-state index in [1.165, 1.54) is 0 Å². The van der Waals surface area contributed by atoms with Gasteiger partial charge in [0, 0.05) is 31.0 Å². The molecule has 28 heavy (non-hydrogen) atoms. The quantitative estimate of drug-likeness (QED) is 0.433. The Balaban J connectivity index is 1.82. The highest BCUT2D eigenvalue weighted by Gasteiger charge is 2.25. The largest absolute Gasteiger partial charge is 0.480 e. The van der Waals surface area contributed by atoms with E-state index in [0.717, 1.165) is 24.8 Å². The van der Waals surface area contributed by atoms with Crippen molar-refractivity contribution in [2.75, 3.05) is 19.8 Å². The summed E-state index contributed by atoms with van der Waals surface area (Å²) in [6.07, 6.45) is 7.23. The molecule has 1 aromatic rings. The first-order valence-corrected chi connectivity index (χ1v) is 10.0. The summed E-state index contributed by atoms with van der Waals surface area (Å²) >= 11 is 5.98. The van der Waals surface area contributed by atoms with Crippen molar-refractivity contribution in [2.24, 2.45) is 0 Å². The van der Waals surface area contributed by atoms with Crippen molar-refractivity contribution in [3.05, 3.63) is 47.0 Å². The number of unbranched alkanes of at least 4 members (excludes halogenated alkanes) is 1. The van der Waals surface area contributed by atoms with Crippen LogP contribution >= 0.6 is 11.6 Å². The summed E-state index contributed by atoms with van der Waals surface area (Å²) in [7, 11) is 0. The minimum Gasteiger partial charge on any atom is -0.480 e. The zero-order chi connectivity index (χ0) is 20.4. The number of likely N-dealkylation sites (tertiary alicyclic amines) is 1. The Hall–Kier alpha value is -1.89. The second-order valence-corrected chi connectivity index (χ2v) is 7.42. The van der Waals surface area contributed by atoms with Gasteiger partial charge in [0.25, 0.3) is 0 Å². The summed E-state index contributed by atoms with van der Waals surface area (Å²) in [5, 5.41) is 19.5. The number of carboxylic acids is 1. The van der Waals surface area contributed by atoms with Crippen LogP contribution in [-0.2, 0) is 20.7 Å². The summed E-state index contributed by atoms with van der Waals surface area (Å²) in [5.41, 5.74) is 0.961. The minimum absolute atomic E-state index is 0.0183. The van der Waals surface area contributed by atoms with Crippen molar-refractivity contribution >= 4 is 23.5 Å². The molecular formula is C21H28ClNO5. The number of aliphatic hydroxyl groups excluding tert-OH is 1. The molecule has 1 amide bonds. The third-order valence-electron chi connectivity index (χ3n) is 4.66. The van der Waals surface area contributed by atoms with Crippen molar-refractivity contribution in [2.45, 2.75) is 50.7 Å². The van der Waals surface area contributed by atoms with Crippen LogP contribution in [0.2, 0.25) is 5.02 Å². The van der Waals surface area contributed by atoms with E-state index in [4.69, 9.17) is 21.4 Å². The molecule has 1 aliphatic rings. The van der Waals surface area contributed by atoms with E-state index in [9.17, 15) is 14.7 Å². The van der Waals surface area contributed by atoms with E-state index in [-0.39, 0.29) is 18.6 Å². The maximum absolute atomic E-state index is 12.3. The number of carbonyl (C=O) groups is 2. The maximum Gasteiger partial charge on any atom is 0.329 e. The van der Waals surface area contributed by atoms with Gasteiger partial charge in [0.05, 0.1) is 12.1 Å². The average Bonchev–Trinajstić information content (AvgIpc) is 2.64. The molecule has 2 rings (SSSR count). The summed E-state index contributed by atoms with van der Waals surface area (Å²) in [6, 6.07) is 7.39. The predicted molar refractivity (Wildman–Crippen MR) is 107 cm³/mol. The molecule has 1 saturated heterocycles. The molecule has 2 N–H and O–H groups in total. The summed E-state index contributed by atoms with van der Waals surface area (Å²) in [4.78, 5) is 24.6. The number of carbonyl (C=O) groups excluding carboxylic acids is 1. The van der Waals surface area contributed by atoms with Crippen LogP contribution in [0, 0.1) is 0 Å². The highest BCUT2D eigenvalue weighted by Crippen LogP contribution is 2.20. The molecule has 0 radical (unpaired) electrons. The number of piperidine rings is 1. The number of nitrogens with zero attached hydrogens (tertiary/aromatic N) is 1. The number of aliphatic hydroxyl groups is 1. The van der Waals surface area contributed by atoms with E-state index < -0.39 is 12.1 Å². The number of hydrogen-bond donors (Lipinski definition) is 2. The third-order valence-corrected chi connectivity index (χ3v) is 4.90. The van der Waals surface area contributed by atoms with Crippen LogP contribution in [0.25, 0.3) is 0 Å². The Morgan fingerprint density at radius 1 is 1.39 bits per heavy atom. The Labute approximate surface area is 170 Å². The highest BCUT2D eigenvalue weighted by atomic mass is 35.5. The molecule has 7 heteroatoms. The molecule has 1 aromatic carbocycles. The van der Waals surface area contributed by atoms with Crippen LogP contribution in [0.5, 0.6) is 0 Å². The second kappa shape index (κ2) is 11.8. The highest BCUT2D eigenvalue weighted by molar-refractivity contribution is 6.30. The van der Waals surface area contributed by atoms with E-state index in [1.54, 1.807) is 12.1 Å². The molecule has 1 unspecified atom stereocenters. The molecular weight excluding hydrogens is 382 g/mol. The maximum atomic E-state index is 12.3. The van der Waals surface area contributed by atoms with Crippen molar-refractivity contribution in [3.8, 4) is 0 Å². The number of carboxylic acid groups (broad SMARTS) is 1. The molecule has 0 aromatic heterocycles. The molecule has 1 aliphatic heterocycles. The molecule has 154 valence electrons. The lowest BCUT2D eigenvalue weighted by atomic mass is 9.99. The number of rotatable bonds is 11. The van der Waals surface area contributed by atoms with E-state index in [0.29, 0.717) is 37.4 Å². The lowest BCUT2D eigenvalue weighted by Crippen LogP contribution is -2.43. The van der Waals surface area contributed by atoms with Crippen LogP contribution < -0.4 is 0 Å². The van der Waals surface area contributed by atoms with E-state index >= 15 is 0 Å². The summed E-state index contributed by atoms with van der Waals surface area (Å²) < 4.78 is 5.02. The van der Waals surface area contributed by atoms with Crippen LogP contribution in [0.1, 0.15) is 37.7 Å². The lowest BCUT2D eigenvalue weighted by Gasteiger charge is -2.34. The first-order chi connectivity index (χ1) is 13.5. The number of hydrogen-bond acceptors (Lipinski definition) is 4. The topological polar surface area (TPSA) is 87.1 Å². The smallest absolute Gasteiger partial charge is 0.329 e. The van der Waals surface area contributed by atoms with Gasteiger partial charge in [-0.25, -0.2) is 4.79 Å². The lowest BCUT2D eigenvalue weighted by molar-refractivity contribution is -0.142. The van der Waals surface area contributed by atoms with Gasteiger partial charge in [0.1, 0.15) is 6.61 Å². The van der Waals surface area contributed by atoms with Crippen molar-refractivity contribution in [1.29, 1.82) is 0 Å². The minimum atomic E-state index is -0.979. The van der Waals surface area contributed by atoms with E-state index in [2.05, 4.69) is 0 Å². The normalized spacial score (nSPS) is 18.6. The molecule has 2 atom stereocenters. The van der Waals surface area contributed by atoms with Crippen LogP contribution in [0.3, 0.4) is 0 Å². The first-order valence-electron chi connectivity index (χ1n) is 9.65. The second-order valence-electron chi connectivity index (χ2n) is 6.99. The van der Waals surface area contributed by atoms with Crippen LogP contribution in [-0.4, -0.2) is 58.9 Å². The van der Waals surface area contributed by atoms with Crippen molar-refractivity contribution in [3.63, 3.8) is 0 Å². The Morgan fingerprint density at radius 3 is 2.96 bits per heavy atom. The molecule has 0 saturated carbocycles. The van der Waals surface area contributed by atoms with Gasteiger partial charge in [-0.05, 0) is 43.4 Å². The van der Waals surface area contributed by atoms with Gasteiger partial charge in [0.15, 0.2) is 0 Å². The van der Waals surface area contributed by atoms with Gasteiger partial charge in [0.2, 0.25) is 5.91 Å². The zero-order valence-electron chi connectivity index (χ0n) is 15.9. The average molecular weight is 410 g/mol. The van der Waals surface area contributed by atoms with E-state index in [1.807, 2.05) is 29.2 Å². The zero-order valence-corrected chi connectivity index (χ0v) is 16.7. The van der Waals surface area contributed by atoms with Gasteiger partial charge in [-0.15, -0.1) is 0 Å². The van der Waals surface area contributed by atoms with Crippen molar-refractivity contribution in [1.82, 2.24) is 4.90 Å². The number of amides is 1. The monoisotopic (exact) mass is 409 g/mol. The van der Waals surface area contributed by atoms with Gasteiger partial charge < -0.3 is 19.8 Å². The molecule has 1 fully saturated rings. The van der Waals surface area contributed by atoms with Gasteiger partial charge in [-0.1, -0.05) is 35.9 Å². The number of ether oxygens (including phenoxy) is 1.